The third-order valence-corrected chi connectivity index (χ3v) is 1.65. The molecular weight excluding hydrogens is 100 g/mol. The van der Waals surface area contributed by atoms with E-state index in [4.69, 9.17) is 0 Å². The molecule has 1 atom stereocenters. The van der Waals surface area contributed by atoms with Crippen LogP contribution in [-0.2, 0) is 4.79 Å². The molecule has 8 heavy (non-hydrogen) atoms. The summed E-state index contributed by atoms with van der Waals surface area (Å²) < 4.78 is 0. The Bertz CT molecular complexity index is 96.6. The number of unbranched alkanes of at least 4 members (excludes halogenated alkanes) is 1. The maximum atomic E-state index is 10.4. The van der Waals surface area contributed by atoms with Gasteiger partial charge in [0.1, 0.15) is 5.78 Å². The van der Waals surface area contributed by atoms with E-state index < -0.39 is 0 Å². The molecule has 1 saturated carbocycles. The standard InChI is InChI=1S/C7H12O/c1-2-3-4-6-5-7(6)8/h6H,2-5H2,1H3. The minimum absolute atomic E-state index is 0.481. The van der Waals surface area contributed by atoms with Gasteiger partial charge in [0.25, 0.3) is 0 Å². The fraction of sp³-hybridized carbons (Fsp3) is 0.857. The number of Topliss-reactive ketones (excluding diaryl/α,β-unsaturated/α-hetero) is 1. The van der Waals surface area contributed by atoms with Gasteiger partial charge in [-0.2, -0.15) is 0 Å². The lowest BCUT2D eigenvalue weighted by molar-refractivity contribution is -0.111. The third-order valence-electron chi connectivity index (χ3n) is 1.65. The highest BCUT2D eigenvalue weighted by atomic mass is 16.1. The van der Waals surface area contributed by atoms with Crippen molar-refractivity contribution in [2.24, 2.45) is 5.92 Å². The second-order valence-corrected chi connectivity index (χ2v) is 2.51. The van der Waals surface area contributed by atoms with Crippen molar-refractivity contribution in [1.29, 1.82) is 0 Å². The Morgan fingerprint density at radius 2 is 2.38 bits per heavy atom. The number of rotatable bonds is 3. The van der Waals surface area contributed by atoms with Crippen LogP contribution in [-0.4, -0.2) is 5.78 Å². The summed E-state index contributed by atoms with van der Waals surface area (Å²) >= 11 is 0. The summed E-state index contributed by atoms with van der Waals surface area (Å²) in [4.78, 5) is 10.4. The van der Waals surface area contributed by atoms with Gasteiger partial charge in [-0.1, -0.05) is 19.8 Å². The molecule has 0 bridgehead atoms. The summed E-state index contributed by atoms with van der Waals surface area (Å²) in [6.45, 7) is 2.16. The maximum absolute atomic E-state index is 10.4. The molecule has 0 radical (unpaired) electrons. The quantitative estimate of drug-likeness (QED) is 0.543. The van der Waals surface area contributed by atoms with Gasteiger partial charge in [0, 0.05) is 12.3 Å². The van der Waals surface area contributed by atoms with E-state index in [9.17, 15) is 4.79 Å². The smallest absolute Gasteiger partial charge is 0.137 e. The van der Waals surface area contributed by atoms with Crippen LogP contribution in [0.25, 0.3) is 0 Å². The van der Waals surface area contributed by atoms with Crippen molar-refractivity contribution >= 4 is 5.78 Å². The molecule has 0 spiro atoms. The maximum Gasteiger partial charge on any atom is 0.137 e. The molecule has 0 saturated heterocycles. The molecule has 1 nitrogen and oxygen atoms in total. The molecule has 1 aliphatic carbocycles. The van der Waals surface area contributed by atoms with Crippen LogP contribution in [0.1, 0.15) is 32.6 Å². The fourth-order valence-electron chi connectivity index (χ4n) is 0.897. The first kappa shape index (κ1) is 5.80. The fourth-order valence-corrected chi connectivity index (χ4v) is 0.897. The van der Waals surface area contributed by atoms with Crippen molar-refractivity contribution in [3.8, 4) is 0 Å². The molecule has 0 aliphatic heterocycles. The molecule has 1 aliphatic rings. The molecule has 0 heterocycles. The average Bonchev–Trinajstić information content (AvgIpc) is 2.42. The lowest BCUT2D eigenvalue weighted by atomic mass is 10.2. The van der Waals surface area contributed by atoms with E-state index in [1.54, 1.807) is 0 Å². The summed E-state index contributed by atoms with van der Waals surface area (Å²) in [6, 6.07) is 0. The zero-order valence-corrected chi connectivity index (χ0v) is 5.31. The van der Waals surface area contributed by atoms with Crippen molar-refractivity contribution < 1.29 is 4.79 Å². The predicted molar refractivity (Wildman–Crippen MR) is 32.6 cm³/mol. The lowest BCUT2D eigenvalue weighted by Gasteiger charge is -1.87. The second-order valence-electron chi connectivity index (χ2n) is 2.51. The van der Waals surface area contributed by atoms with E-state index in [0.29, 0.717) is 11.7 Å². The summed E-state index contributed by atoms with van der Waals surface area (Å²) in [5.74, 6) is 0.966. The summed E-state index contributed by atoms with van der Waals surface area (Å²) in [5, 5.41) is 0. The van der Waals surface area contributed by atoms with E-state index in [1.807, 2.05) is 0 Å². The van der Waals surface area contributed by atoms with Crippen LogP contribution in [0.15, 0.2) is 0 Å². The zero-order chi connectivity index (χ0) is 5.98. The van der Waals surface area contributed by atoms with Crippen LogP contribution in [0.4, 0.5) is 0 Å². The Hall–Kier alpha value is -0.330. The van der Waals surface area contributed by atoms with Gasteiger partial charge in [-0.05, 0) is 6.42 Å². The van der Waals surface area contributed by atoms with E-state index in [-0.39, 0.29) is 0 Å². The largest absolute Gasteiger partial charge is 0.299 e. The molecule has 0 N–H and O–H groups in total. The first-order chi connectivity index (χ1) is 3.84. The Morgan fingerprint density at radius 3 is 2.75 bits per heavy atom. The Balaban J connectivity index is 1.97. The van der Waals surface area contributed by atoms with Crippen LogP contribution in [0, 0.1) is 5.92 Å². The number of hydrogen-bond donors (Lipinski definition) is 0. The second kappa shape index (κ2) is 2.29. The molecule has 1 rings (SSSR count). The normalized spacial score (nSPS) is 26.1. The van der Waals surface area contributed by atoms with Crippen LogP contribution < -0.4 is 0 Å². The lowest BCUT2D eigenvalue weighted by Crippen LogP contribution is -1.78. The van der Waals surface area contributed by atoms with Crippen LogP contribution in [0.5, 0.6) is 0 Å². The van der Waals surface area contributed by atoms with Crippen molar-refractivity contribution in [3.63, 3.8) is 0 Å². The first-order valence-electron chi connectivity index (χ1n) is 3.37. The molecular formula is C7H12O. The topological polar surface area (TPSA) is 17.1 Å². The number of carbonyl (C=O) groups excluding carboxylic acids is 1. The first-order valence-corrected chi connectivity index (χ1v) is 3.37. The van der Waals surface area contributed by atoms with Crippen LogP contribution in [0.3, 0.4) is 0 Å². The average molecular weight is 112 g/mol. The highest BCUT2D eigenvalue weighted by Crippen LogP contribution is 2.28. The van der Waals surface area contributed by atoms with Crippen LogP contribution >= 0.6 is 0 Å². The van der Waals surface area contributed by atoms with E-state index in [2.05, 4.69) is 6.92 Å². The molecule has 1 fully saturated rings. The predicted octanol–water partition coefficient (Wildman–Crippen LogP) is 1.77. The third kappa shape index (κ3) is 1.32. The monoisotopic (exact) mass is 112 g/mol. The van der Waals surface area contributed by atoms with Crippen LogP contribution in [0.2, 0.25) is 0 Å². The van der Waals surface area contributed by atoms with Gasteiger partial charge < -0.3 is 0 Å². The molecule has 0 aromatic carbocycles. The highest BCUT2D eigenvalue weighted by molar-refractivity contribution is 5.95. The summed E-state index contributed by atoms with van der Waals surface area (Å²) in [5.41, 5.74) is 0. The van der Waals surface area contributed by atoms with Crippen molar-refractivity contribution in [2.45, 2.75) is 32.6 Å². The van der Waals surface area contributed by atoms with E-state index >= 15 is 0 Å². The van der Waals surface area contributed by atoms with Gasteiger partial charge in [-0.15, -0.1) is 0 Å². The Morgan fingerprint density at radius 1 is 1.75 bits per heavy atom. The Labute approximate surface area is 50.1 Å². The molecule has 0 aromatic heterocycles. The van der Waals surface area contributed by atoms with Gasteiger partial charge in [0.2, 0.25) is 0 Å². The number of ketones is 1. The van der Waals surface area contributed by atoms with E-state index in [0.717, 1.165) is 12.8 Å². The highest BCUT2D eigenvalue weighted by Gasteiger charge is 2.32. The van der Waals surface area contributed by atoms with E-state index in [1.165, 1.54) is 12.8 Å². The van der Waals surface area contributed by atoms with Crippen molar-refractivity contribution in [1.82, 2.24) is 0 Å². The van der Waals surface area contributed by atoms with Gasteiger partial charge in [-0.25, -0.2) is 0 Å². The number of hydrogen-bond acceptors (Lipinski definition) is 1. The molecule has 46 valence electrons. The SMILES string of the molecule is CCCCC1CC1=O. The summed E-state index contributed by atoms with van der Waals surface area (Å²) in [6.07, 6.45) is 4.48. The molecule has 1 heteroatoms. The summed E-state index contributed by atoms with van der Waals surface area (Å²) in [7, 11) is 0. The molecule has 1 unspecified atom stereocenters. The molecule has 0 aromatic rings. The minimum atomic E-state index is 0.481. The van der Waals surface area contributed by atoms with Gasteiger partial charge >= 0.3 is 0 Å². The van der Waals surface area contributed by atoms with Gasteiger partial charge in [0.05, 0.1) is 0 Å². The van der Waals surface area contributed by atoms with Crippen molar-refractivity contribution in [3.05, 3.63) is 0 Å². The number of carbonyl (C=O) groups is 1. The zero-order valence-electron chi connectivity index (χ0n) is 5.31. The molecule has 0 amide bonds. The van der Waals surface area contributed by atoms with Gasteiger partial charge in [-0.3, -0.25) is 4.79 Å². The Kier molecular flexibility index (Phi) is 1.66. The minimum Gasteiger partial charge on any atom is -0.299 e. The van der Waals surface area contributed by atoms with Crippen molar-refractivity contribution in [2.75, 3.05) is 0 Å². The van der Waals surface area contributed by atoms with Gasteiger partial charge in [0.15, 0.2) is 0 Å².